The van der Waals surface area contributed by atoms with E-state index >= 15 is 0 Å². The number of nitrogens with one attached hydrogen (secondary N) is 1. The number of hydrogen-bond acceptors (Lipinski definition) is 6. The number of ketones is 1. The Kier molecular flexibility index (Phi) is 7.56. The van der Waals surface area contributed by atoms with Crippen LogP contribution in [-0.2, 0) is 6.42 Å². The van der Waals surface area contributed by atoms with Crippen LogP contribution in [-0.4, -0.2) is 31.7 Å². The van der Waals surface area contributed by atoms with Gasteiger partial charge in [-0.2, -0.15) is 0 Å². The number of halogens is 3. The van der Waals surface area contributed by atoms with E-state index in [9.17, 15) is 4.79 Å². The molecule has 0 bridgehead atoms. The van der Waals surface area contributed by atoms with E-state index in [2.05, 4.69) is 15.3 Å². The topological polar surface area (TPSA) is 98.2 Å². The van der Waals surface area contributed by atoms with Gasteiger partial charge >= 0.3 is 0 Å². The van der Waals surface area contributed by atoms with Crippen molar-refractivity contribution in [2.75, 3.05) is 17.6 Å². The van der Waals surface area contributed by atoms with Crippen molar-refractivity contribution in [3.05, 3.63) is 70.1 Å². The van der Waals surface area contributed by atoms with Crippen molar-refractivity contribution in [3.63, 3.8) is 0 Å². The van der Waals surface area contributed by atoms with E-state index in [1.165, 1.54) is 6.92 Å². The first-order valence-corrected chi connectivity index (χ1v) is 10.5. The Hall–Kier alpha value is -2.87. The summed E-state index contributed by atoms with van der Waals surface area (Å²) in [4.78, 5) is 24.9. The number of aromatic nitrogens is 4. The number of imidazole rings is 1. The van der Waals surface area contributed by atoms with Gasteiger partial charge in [0.25, 0.3) is 0 Å². The summed E-state index contributed by atoms with van der Waals surface area (Å²) in [6.07, 6.45) is 5.08. The van der Waals surface area contributed by atoms with Crippen LogP contribution in [0, 0.1) is 0 Å². The zero-order valence-electron chi connectivity index (χ0n) is 17.2. The first-order valence-electron chi connectivity index (χ1n) is 9.72. The van der Waals surface area contributed by atoms with Crippen LogP contribution in [0.15, 0.2) is 48.8 Å². The molecule has 7 nitrogen and oxygen atoms in total. The summed E-state index contributed by atoms with van der Waals surface area (Å²) in [5, 5.41) is 4.46. The molecule has 0 amide bonds. The lowest BCUT2D eigenvalue weighted by Gasteiger charge is -2.11. The molecule has 0 fully saturated rings. The molecule has 1 aromatic carbocycles. The Balaban J connectivity index is 0.00000289. The maximum Gasteiger partial charge on any atom is 0.209 e. The summed E-state index contributed by atoms with van der Waals surface area (Å²) in [6, 6.07) is 10.8. The van der Waals surface area contributed by atoms with Gasteiger partial charge in [0.2, 0.25) is 5.95 Å². The predicted molar refractivity (Wildman–Crippen MR) is 131 cm³/mol. The zero-order chi connectivity index (χ0) is 22.0. The number of carbonyl (C=O) groups excluding carboxylic acids is 1. The van der Waals surface area contributed by atoms with Crippen LogP contribution in [0.5, 0.6) is 0 Å². The maximum atomic E-state index is 11.5. The summed E-state index contributed by atoms with van der Waals surface area (Å²) < 4.78 is 1.88. The molecule has 166 valence electrons. The molecule has 0 aliphatic heterocycles. The number of nitrogens with zero attached hydrogens (tertiary/aromatic N) is 4. The van der Waals surface area contributed by atoms with Gasteiger partial charge in [-0.25, -0.2) is 15.0 Å². The first kappa shape index (κ1) is 23.8. The van der Waals surface area contributed by atoms with Crippen LogP contribution in [0.1, 0.15) is 29.4 Å². The van der Waals surface area contributed by atoms with Gasteiger partial charge in [-0.15, -0.1) is 12.4 Å². The second-order valence-electron chi connectivity index (χ2n) is 7.07. The molecule has 10 heteroatoms. The number of hydrogen-bond donors (Lipinski definition) is 2. The first-order chi connectivity index (χ1) is 14.9. The van der Waals surface area contributed by atoms with E-state index in [-0.39, 0.29) is 24.0 Å². The van der Waals surface area contributed by atoms with Gasteiger partial charge in [-0.1, -0.05) is 23.2 Å². The fourth-order valence-electron chi connectivity index (χ4n) is 3.31. The summed E-state index contributed by atoms with van der Waals surface area (Å²) in [5.41, 5.74) is 9.41. The van der Waals surface area contributed by atoms with Crippen LogP contribution in [0.25, 0.3) is 16.9 Å². The van der Waals surface area contributed by atoms with Crippen LogP contribution in [0.4, 0.5) is 11.8 Å². The van der Waals surface area contributed by atoms with E-state index in [1.54, 1.807) is 24.4 Å². The normalized spacial score (nSPS) is 10.7. The van der Waals surface area contributed by atoms with Crippen molar-refractivity contribution < 1.29 is 4.79 Å². The summed E-state index contributed by atoms with van der Waals surface area (Å²) in [5.74, 6) is 0.844. The van der Waals surface area contributed by atoms with E-state index < -0.39 is 0 Å². The number of rotatable bonds is 7. The highest BCUT2D eigenvalue weighted by Gasteiger charge is 2.12. The smallest absolute Gasteiger partial charge is 0.209 e. The number of fused-ring (bicyclic) bond motifs is 1. The highest BCUT2D eigenvalue weighted by molar-refractivity contribution is 6.36. The van der Waals surface area contributed by atoms with E-state index in [1.807, 2.05) is 28.8 Å². The van der Waals surface area contributed by atoms with Crippen LogP contribution in [0.2, 0.25) is 10.0 Å². The average molecular weight is 492 g/mol. The molecule has 0 saturated carbocycles. The number of nitrogens with two attached hydrogens (primary N) is 1. The minimum atomic E-state index is -0.0886. The Bertz CT molecular complexity index is 1270. The second-order valence-corrected chi connectivity index (χ2v) is 7.91. The molecule has 3 aromatic heterocycles. The van der Waals surface area contributed by atoms with Crippen LogP contribution < -0.4 is 11.1 Å². The molecule has 0 unspecified atom stereocenters. The summed E-state index contributed by atoms with van der Waals surface area (Å²) >= 11 is 12.4. The number of pyridine rings is 1. The minimum Gasteiger partial charge on any atom is -0.383 e. The van der Waals surface area contributed by atoms with Crippen molar-refractivity contribution >= 4 is 58.8 Å². The number of anilines is 2. The Morgan fingerprint density at radius 2 is 1.97 bits per heavy atom. The van der Waals surface area contributed by atoms with Gasteiger partial charge in [0.15, 0.2) is 5.78 Å². The van der Waals surface area contributed by atoms with Gasteiger partial charge in [-0.05, 0) is 50.1 Å². The summed E-state index contributed by atoms with van der Waals surface area (Å²) in [7, 11) is 0. The number of Topliss-reactive ketones (excluding diaryl/α,β-unsaturated/α-hetero) is 1. The fraction of sp³-hybridized carbons (Fsp3) is 0.182. The Labute approximate surface area is 201 Å². The third kappa shape index (κ3) is 5.12. The molecule has 32 heavy (non-hydrogen) atoms. The molecule has 0 atom stereocenters. The monoisotopic (exact) mass is 490 g/mol. The highest BCUT2D eigenvalue weighted by atomic mass is 35.5. The average Bonchev–Trinajstić information content (AvgIpc) is 3.19. The van der Waals surface area contributed by atoms with Crippen molar-refractivity contribution in [2.45, 2.75) is 19.8 Å². The Morgan fingerprint density at radius 1 is 1.16 bits per heavy atom. The van der Waals surface area contributed by atoms with Gasteiger partial charge in [0, 0.05) is 41.3 Å². The lowest BCUT2D eigenvalue weighted by molar-refractivity contribution is 0.101. The third-order valence-electron chi connectivity index (χ3n) is 4.85. The standard InChI is InChI=1S/C22H20Cl2N6O.ClH/c1-13(31)16-7-5-15(28-21(16)25)3-2-8-27-22-29-19(12-20-26-9-10-30(20)22)17-6-4-14(23)11-18(17)24;/h4-7,9-12H,2-3,8H2,1H3,(H2,25,28)(H,27,29);1H. The van der Waals surface area contributed by atoms with E-state index in [4.69, 9.17) is 33.9 Å². The molecular weight excluding hydrogens is 471 g/mol. The largest absolute Gasteiger partial charge is 0.383 e. The summed E-state index contributed by atoms with van der Waals surface area (Å²) in [6.45, 7) is 2.14. The molecule has 0 aliphatic rings. The quantitative estimate of drug-likeness (QED) is 0.267. The van der Waals surface area contributed by atoms with E-state index in [0.717, 1.165) is 23.3 Å². The number of carbonyl (C=O) groups is 1. The van der Waals surface area contributed by atoms with Crippen molar-refractivity contribution in [2.24, 2.45) is 0 Å². The van der Waals surface area contributed by atoms with Gasteiger partial charge in [0.1, 0.15) is 11.5 Å². The van der Waals surface area contributed by atoms with Gasteiger partial charge in [-0.3, -0.25) is 9.20 Å². The number of aryl methyl sites for hydroxylation is 1. The lowest BCUT2D eigenvalue weighted by atomic mass is 10.1. The zero-order valence-corrected chi connectivity index (χ0v) is 19.5. The number of benzene rings is 1. The van der Waals surface area contributed by atoms with Crippen LogP contribution >= 0.6 is 35.6 Å². The lowest BCUT2D eigenvalue weighted by Crippen LogP contribution is -2.10. The molecule has 0 aliphatic carbocycles. The van der Waals surface area contributed by atoms with Gasteiger partial charge < -0.3 is 11.1 Å². The maximum absolute atomic E-state index is 11.5. The minimum absolute atomic E-state index is 0. The van der Waals surface area contributed by atoms with Crippen molar-refractivity contribution in [1.82, 2.24) is 19.4 Å². The SMILES string of the molecule is CC(=O)c1ccc(CCCNc2nc(-c3ccc(Cl)cc3Cl)cc3nccn23)nc1N.Cl. The Morgan fingerprint density at radius 3 is 2.69 bits per heavy atom. The molecule has 3 heterocycles. The molecule has 4 rings (SSSR count). The fourth-order valence-corrected chi connectivity index (χ4v) is 3.81. The second kappa shape index (κ2) is 10.2. The van der Waals surface area contributed by atoms with Gasteiger partial charge in [0.05, 0.1) is 16.3 Å². The van der Waals surface area contributed by atoms with Crippen molar-refractivity contribution in [3.8, 4) is 11.3 Å². The molecule has 0 saturated heterocycles. The van der Waals surface area contributed by atoms with Crippen LogP contribution in [0.3, 0.4) is 0 Å². The molecule has 0 spiro atoms. The highest BCUT2D eigenvalue weighted by Crippen LogP contribution is 2.30. The molecule has 0 radical (unpaired) electrons. The van der Waals surface area contributed by atoms with Crippen molar-refractivity contribution in [1.29, 1.82) is 0 Å². The van der Waals surface area contributed by atoms with E-state index in [0.29, 0.717) is 40.2 Å². The number of nitrogen functional groups attached to an aromatic ring is 1. The molecular formula is C22H21Cl3N6O. The predicted octanol–water partition coefficient (Wildman–Crippen LogP) is 5.35. The molecule has 4 aromatic rings. The molecule has 3 N–H and O–H groups in total. The third-order valence-corrected chi connectivity index (χ3v) is 5.40.